The number of unbranched alkanes of at least 4 members (excludes halogenated alkanes) is 13. The van der Waals surface area contributed by atoms with Crippen molar-refractivity contribution < 1.29 is 19.4 Å². The number of hydrogen-bond acceptors (Lipinski definition) is 4. The van der Waals surface area contributed by atoms with Crippen LogP contribution in [0.25, 0.3) is 0 Å². The molecule has 4 nitrogen and oxygen atoms in total. The van der Waals surface area contributed by atoms with E-state index in [0.29, 0.717) is 18.4 Å². The molecule has 0 bridgehead atoms. The van der Waals surface area contributed by atoms with E-state index in [0.717, 1.165) is 25.7 Å². The number of esters is 1. The van der Waals surface area contributed by atoms with Gasteiger partial charge in [-0.15, -0.1) is 6.58 Å². The Morgan fingerprint density at radius 3 is 1.89 bits per heavy atom. The summed E-state index contributed by atoms with van der Waals surface area (Å²) in [6.45, 7) is 7.63. The lowest BCUT2D eigenvalue weighted by molar-refractivity contribution is -0.135. The number of rotatable bonds is 23. The van der Waals surface area contributed by atoms with Crippen molar-refractivity contribution in [2.24, 2.45) is 5.92 Å². The Morgan fingerprint density at radius 2 is 1.36 bits per heavy atom. The van der Waals surface area contributed by atoms with Crippen molar-refractivity contribution in [3.63, 3.8) is 0 Å². The zero-order valence-corrected chi connectivity index (χ0v) is 23.1. The van der Waals surface area contributed by atoms with Gasteiger partial charge in [-0.3, -0.25) is 4.79 Å². The predicted molar refractivity (Wildman–Crippen MR) is 150 cm³/mol. The summed E-state index contributed by atoms with van der Waals surface area (Å²) in [6.07, 6.45) is 19.7. The van der Waals surface area contributed by atoms with Crippen LogP contribution in [0.5, 0.6) is 0 Å². The molecule has 1 N–H and O–H groups in total. The second-order valence-corrected chi connectivity index (χ2v) is 10.2. The first-order valence-corrected chi connectivity index (χ1v) is 14.6. The molecule has 0 aliphatic heterocycles. The molecule has 204 valence electrons. The molecule has 1 rings (SSSR count). The van der Waals surface area contributed by atoms with E-state index in [1.807, 2.05) is 12.1 Å². The number of carbonyl (C=O) groups excluding carboxylic acids is 2. The number of allylic oxidation sites excluding steroid dienone is 1. The highest BCUT2D eigenvalue weighted by Gasteiger charge is 2.31. The predicted octanol–water partition coefficient (Wildman–Crippen LogP) is 8.62. The second kappa shape index (κ2) is 21.2. The zero-order chi connectivity index (χ0) is 26.4. The number of carbonyl (C=O) groups is 2. The van der Waals surface area contributed by atoms with Crippen LogP contribution in [0.3, 0.4) is 0 Å². The maximum atomic E-state index is 13.1. The van der Waals surface area contributed by atoms with Crippen LogP contribution in [-0.2, 0) is 9.53 Å². The molecule has 0 aromatic heterocycles. The Kier molecular flexibility index (Phi) is 18.9. The number of aliphatic hydroxyl groups excluding tert-OH is 1. The first kappa shape index (κ1) is 32.1. The largest absolute Gasteiger partial charge is 0.451 e. The molecular weight excluding hydrogens is 448 g/mol. The first-order valence-electron chi connectivity index (χ1n) is 14.6. The van der Waals surface area contributed by atoms with Gasteiger partial charge in [0.25, 0.3) is 0 Å². The highest BCUT2D eigenvalue weighted by Crippen LogP contribution is 2.23. The minimum absolute atomic E-state index is 0.189. The van der Waals surface area contributed by atoms with E-state index >= 15 is 0 Å². The summed E-state index contributed by atoms with van der Waals surface area (Å²) in [5, 5.41) is 10.9. The second-order valence-electron chi connectivity index (χ2n) is 10.2. The van der Waals surface area contributed by atoms with Gasteiger partial charge in [-0.05, 0) is 44.7 Å². The van der Waals surface area contributed by atoms with Crippen LogP contribution in [0.15, 0.2) is 43.0 Å². The number of hydrogen-bond donors (Lipinski definition) is 1. The smallest absolute Gasteiger partial charge is 0.338 e. The molecule has 0 saturated carbocycles. The van der Waals surface area contributed by atoms with Crippen LogP contribution in [0.4, 0.5) is 0 Å². The average molecular weight is 501 g/mol. The summed E-state index contributed by atoms with van der Waals surface area (Å²) in [7, 11) is 0. The number of ether oxygens (including phenoxy) is 1. The van der Waals surface area contributed by atoms with E-state index in [9.17, 15) is 14.7 Å². The minimum Gasteiger partial charge on any atom is -0.451 e. The lowest BCUT2D eigenvalue weighted by Gasteiger charge is -2.25. The molecule has 0 radical (unpaired) electrons. The summed E-state index contributed by atoms with van der Waals surface area (Å²) in [4.78, 5) is 25.5. The van der Waals surface area contributed by atoms with Gasteiger partial charge in [0, 0.05) is 5.92 Å². The number of benzene rings is 1. The topological polar surface area (TPSA) is 63.6 Å². The molecule has 0 heterocycles. The van der Waals surface area contributed by atoms with E-state index in [1.165, 1.54) is 70.6 Å². The van der Waals surface area contributed by atoms with Crippen LogP contribution >= 0.6 is 0 Å². The van der Waals surface area contributed by atoms with Crippen LogP contribution in [0.2, 0.25) is 0 Å². The summed E-state index contributed by atoms with van der Waals surface area (Å²) < 4.78 is 5.44. The molecule has 1 aromatic rings. The van der Waals surface area contributed by atoms with Gasteiger partial charge >= 0.3 is 5.97 Å². The van der Waals surface area contributed by atoms with E-state index in [-0.39, 0.29) is 5.78 Å². The Hall–Kier alpha value is -1.94. The van der Waals surface area contributed by atoms with Crippen molar-refractivity contribution in [1.29, 1.82) is 0 Å². The molecule has 36 heavy (non-hydrogen) atoms. The highest BCUT2D eigenvalue weighted by molar-refractivity contribution is 5.93. The van der Waals surface area contributed by atoms with E-state index < -0.39 is 24.1 Å². The van der Waals surface area contributed by atoms with Gasteiger partial charge in [0.2, 0.25) is 0 Å². The standard InChI is InChI=1S/C32H52O4/c1-4-6-8-9-10-11-12-13-14-15-16-17-22-26-30(33)29(25-19-7-5-2)31(34)27(3)36-32(35)28-23-20-18-21-24-28/h5,18,20-21,23-24,27,29-30,33H,2,4,6-17,19,22,25-26H2,1,3H3/t27-,29+,30+/m0/s1. The SMILES string of the molecule is C=CCCC[C@@H](C(=O)[C@H](C)OC(=O)c1ccccc1)[C@H](O)CCCCCCCCCCCCCCC. The van der Waals surface area contributed by atoms with Crippen molar-refractivity contribution in [2.75, 3.05) is 0 Å². The number of aliphatic hydroxyl groups is 1. The van der Waals surface area contributed by atoms with Gasteiger partial charge in [0.05, 0.1) is 11.7 Å². The molecule has 0 aliphatic rings. The summed E-state index contributed by atoms with van der Waals surface area (Å²) in [5.41, 5.74) is 0.424. The fourth-order valence-electron chi connectivity index (χ4n) is 4.74. The molecule has 1 aromatic carbocycles. The lowest BCUT2D eigenvalue weighted by Crippen LogP contribution is -2.37. The summed E-state index contributed by atoms with van der Waals surface area (Å²) in [6, 6.07) is 8.70. The maximum absolute atomic E-state index is 13.1. The van der Waals surface area contributed by atoms with Crippen LogP contribution < -0.4 is 0 Å². The van der Waals surface area contributed by atoms with Crippen molar-refractivity contribution in [1.82, 2.24) is 0 Å². The minimum atomic E-state index is -0.882. The fourth-order valence-corrected chi connectivity index (χ4v) is 4.74. The van der Waals surface area contributed by atoms with E-state index in [1.54, 1.807) is 31.2 Å². The van der Waals surface area contributed by atoms with Gasteiger partial charge in [-0.1, -0.05) is 115 Å². The van der Waals surface area contributed by atoms with Crippen molar-refractivity contribution in [3.8, 4) is 0 Å². The zero-order valence-electron chi connectivity index (χ0n) is 23.1. The quantitative estimate of drug-likeness (QED) is 0.0928. The van der Waals surface area contributed by atoms with Gasteiger partial charge in [0.1, 0.15) is 0 Å². The molecule has 4 heteroatoms. The van der Waals surface area contributed by atoms with Gasteiger partial charge in [0.15, 0.2) is 11.9 Å². The normalized spacial score (nSPS) is 13.6. The molecule has 0 amide bonds. The number of Topliss-reactive ketones (excluding diaryl/α,β-unsaturated/α-hetero) is 1. The molecule has 0 unspecified atom stereocenters. The van der Waals surface area contributed by atoms with E-state index in [4.69, 9.17) is 4.74 Å². The monoisotopic (exact) mass is 500 g/mol. The molecule has 0 aliphatic carbocycles. The molecular formula is C32H52O4. The lowest BCUT2D eigenvalue weighted by atomic mass is 9.86. The summed E-state index contributed by atoms with van der Waals surface area (Å²) >= 11 is 0. The fraction of sp³-hybridized carbons (Fsp3) is 0.688. The van der Waals surface area contributed by atoms with Crippen molar-refractivity contribution >= 4 is 11.8 Å². The molecule has 0 fully saturated rings. The Bertz CT molecular complexity index is 699. The maximum Gasteiger partial charge on any atom is 0.338 e. The van der Waals surface area contributed by atoms with Crippen LogP contribution in [0.1, 0.15) is 133 Å². The third-order valence-electron chi connectivity index (χ3n) is 7.05. The van der Waals surface area contributed by atoms with Crippen LogP contribution in [0, 0.1) is 5.92 Å². The van der Waals surface area contributed by atoms with Gasteiger partial charge < -0.3 is 9.84 Å². The molecule has 3 atom stereocenters. The highest BCUT2D eigenvalue weighted by atomic mass is 16.5. The Morgan fingerprint density at radius 1 is 0.833 bits per heavy atom. The Balaban J connectivity index is 2.32. The third-order valence-corrected chi connectivity index (χ3v) is 7.05. The third kappa shape index (κ3) is 14.6. The van der Waals surface area contributed by atoms with Gasteiger partial charge in [-0.25, -0.2) is 4.79 Å². The van der Waals surface area contributed by atoms with Gasteiger partial charge in [-0.2, -0.15) is 0 Å². The van der Waals surface area contributed by atoms with Crippen molar-refractivity contribution in [2.45, 2.75) is 135 Å². The average Bonchev–Trinajstić information content (AvgIpc) is 2.89. The number of ketones is 1. The molecule has 0 saturated heterocycles. The van der Waals surface area contributed by atoms with Crippen LogP contribution in [-0.4, -0.2) is 29.1 Å². The van der Waals surface area contributed by atoms with E-state index in [2.05, 4.69) is 13.5 Å². The summed E-state index contributed by atoms with van der Waals surface area (Å²) in [5.74, 6) is -1.21. The Labute approximate surface area is 220 Å². The first-order chi connectivity index (χ1) is 17.5. The molecule has 0 spiro atoms. The van der Waals surface area contributed by atoms with Crippen molar-refractivity contribution in [3.05, 3.63) is 48.6 Å².